The van der Waals surface area contributed by atoms with Crippen LogP contribution in [0.25, 0.3) is 0 Å². The highest BCUT2D eigenvalue weighted by Gasteiger charge is 2.59. The van der Waals surface area contributed by atoms with Crippen LogP contribution in [0.3, 0.4) is 0 Å². The zero-order valence-electron chi connectivity index (χ0n) is 14.4. The summed E-state index contributed by atoms with van der Waals surface area (Å²) in [5.41, 5.74) is 1.87. The summed E-state index contributed by atoms with van der Waals surface area (Å²) in [6, 6.07) is 20.8. The number of nitrogens with zero attached hydrogens (tertiary/aromatic N) is 1. The first-order valence-corrected chi connectivity index (χ1v) is 8.25. The molecular weight excluding hydrogens is 282 g/mol. The first-order valence-electron chi connectivity index (χ1n) is 8.25. The molecule has 3 rings (SSSR count). The van der Waals surface area contributed by atoms with Crippen LogP contribution in [-0.2, 0) is 11.3 Å². The van der Waals surface area contributed by atoms with Gasteiger partial charge in [-0.1, -0.05) is 88.4 Å². The van der Waals surface area contributed by atoms with E-state index >= 15 is 0 Å². The van der Waals surface area contributed by atoms with Crippen LogP contribution < -0.4 is 0 Å². The van der Waals surface area contributed by atoms with Crippen molar-refractivity contribution in [2.24, 2.45) is 10.8 Å². The lowest BCUT2D eigenvalue weighted by atomic mass is 9.65. The van der Waals surface area contributed by atoms with Gasteiger partial charge >= 0.3 is 0 Å². The number of carbonyl (C=O) groups excluding carboxylic acids is 1. The Kier molecular flexibility index (Phi) is 3.79. The molecule has 1 saturated heterocycles. The van der Waals surface area contributed by atoms with Crippen LogP contribution in [0.15, 0.2) is 60.7 Å². The van der Waals surface area contributed by atoms with E-state index in [-0.39, 0.29) is 22.8 Å². The second-order valence-electron chi connectivity index (χ2n) is 7.58. The molecule has 1 unspecified atom stereocenters. The van der Waals surface area contributed by atoms with Gasteiger partial charge in [0.25, 0.3) is 0 Å². The highest BCUT2D eigenvalue weighted by Crippen LogP contribution is 2.57. The number of amides is 1. The van der Waals surface area contributed by atoms with Crippen molar-refractivity contribution in [3.8, 4) is 0 Å². The Hall–Kier alpha value is -2.09. The molecule has 2 aromatic rings. The molecule has 0 bridgehead atoms. The van der Waals surface area contributed by atoms with Crippen molar-refractivity contribution in [1.29, 1.82) is 0 Å². The van der Waals surface area contributed by atoms with Gasteiger partial charge in [-0.3, -0.25) is 4.79 Å². The Bertz CT molecular complexity index is 688. The molecule has 0 aromatic heterocycles. The standard InChI is InChI=1S/C21H25NO/c1-20(2)18(17-13-9-6-10-14-17)22(19(23)21(20,3)4)15-16-11-7-5-8-12-16/h5-14,18H,15H2,1-4H3. The molecule has 1 heterocycles. The van der Waals surface area contributed by atoms with Gasteiger partial charge in [0.05, 0.1) is 11.5 Å². The molecule has 1 fully saturated rings. The zero-order chi connectivity index (χ0) is 16.7. The van der Waals surface area contributed by atoms with E-state index in [0.717, 1.165) is 0 Å². The quantitative estimate of drug-likeness (QED) is 0.796. The lowest BCUT2D eigenvalue weighted by molar-refractivity contribution is -0.136. The van der Waals surface area contributed by atoms with E-state index in [1.807, 2.05) is 24.3 Å². The fraction of sp³-hybridized carbons (Fsp3) is 0.381. The molecule has 1 aliphatic heterocycles. The second-order valence-corrected chi connectivity index (χ2v) is 7.58. The van der Waals surface area contributed by atoms with Crippen LogP contribution >= 0.6 is 0 Å². The Morgan fingerprint density at radius 2 is 1.39 bits per heavy atom. The third kappa shape index (κ3) is 2.46. The van der Waals surface area contributed by atoms with Crippen molar-refractivity contribution in [2.45, 2.75) is 40.3 Å². The summed E-state index contributed by atoms with van der Waals surface area (Å²) in [4.78, 5) is 15.2. The van der Waals surface area contributed by atoms with E-state index in [1.54, 1.807) is 0 Å². The monoisotopic (exact) mass is 307 g/mol. The normalized spacial score (nSPS) is 22.3. The summed E-state index contributed by atoms with van der Waals surface area (Å²) in [6.45, 7) is 9.25. The van der Waals surface area contributed by atoms with Crippen LogP contribution in [0, 0.1) is 10.8 Å². The average Bonchev–Trinajstić information content (AvgIpc) is 2.67. The average molecular weight is 307 g/mol. The Morgan fingerprint density at radius 3 is 1.96 bits per heavy atom. The largest absolute Gasteiger partial charge is 0.330 e. The van der Waals surface area contributed by atoms with Crippen molar-refractivity contribution < 1.29 is 4.79 Å². The molecule has 0 spiro atoms. The molecule has 1 amide bonds. The summed E-state index contributed by atoms with van der Waals surface area (Å²) < 4.78 is 0. The Morgan fingerprint density at radius 1 is 0.870 bits per heavy atom. The third-order valence-electron chi connectivity index (χ3n) is 5.71. The lowest BCUT2D eigenvalue weighted by Crippen LogP contribution is -2.34. The van der Waals surface area contributed by atoms with Gasteiger partial charge in [-0.15, -0.1) is 0 Å². The van der Waals surface area contributed by atoms with E-state index in [4.69, 9.17) is 0 Å². The third-order valence-corrected chi connectivity index (χ3v) is 5.71. The lowest BCUT2D eigenvalue weighted by Gasteiger charge is -2.37. The Labute approximate surface area is 139 Å². The van der Waals surface area contributed by atoms with Crippen molar-refractivity contribution in [1.82, 2.24) is 4.90 Å². The summed E-state index contributed by atoms with van der Waals surface area (Å²) in [5, 5.41) is 0. The number of hydrogen-bond donors (Lipinski definition) is 0. The maximum Gasteiger partial charge on any atom is 0.229 e. The molecule has 0 radical (unpaired) electrons. The fourth-order valence-corrected chi connectivity index (χ4v) is 3.66. The summed E-state index contributed by atoms with van der Waals surface area (Å²) in [7, 11) is 0. The van der Waals surface area contributed by atoms with Crippen LogP contribution in [0.1, 0.15) is 44.9 Å². The SMILES string of the molecule is CC1(C)C(=O)N(Cc2ccccc2)C(c2ccccc2)C1(C)C. The molecule has 2 nitrogen and oxygen atoms in total. The molecule has 120 valence electrons. The molecule has 23 heavy (non-hydrogen) atoms. The minimum atomic E-state index is -0.387. The van der Waals surface area contributed by atoms with Crippen molar-refractivity contribution in [3.63, 3.8) is 0 Å². The molecule has 1 aliphatic rings. The van der Waals surface area contributed by atoms with Gasteiger partial charge in [-0.05, 0) is 11.1 Å². The molecule has 2 aromatic carbocycles. The zero-order valence-corrected chi connectivity index (χ0v) is 14.4. The molecule has 0 saturated carbocycles. The van der Waals surface area contributed by atoms with Gasteiger partial charge in [0.2, 0.25) is 5.91 Å². The highest BCUT2D eigenvalue weighted by molar-refractivity contribution is 5.86. The number of hydrogen-bond acceptors (Lipinski definition) is 1. The van der Waals surface area contributed by atoms with E-state index in [1.165, 1.54) is 11.1 Å². The topological polar surface area (TPSA) is 20.3 Å². The van der Waals surface area contributed by atoms with Gasteiger partial charge < -0.3 is 4.90 Å². The summed E-state index contributed by atoms with van der Waals surface area (Å²) in [5.74, 6) is 0.236. The number of carbonyl (C=O) groups is 1. The minimum Gasteiger partial charge on any atom is -0.330 e. The number of benzene rings is 2. The van der Waals surface area contributed by atoms with Gasteiger partial charge in [0.15, 0.2) is 0 Å². The minimum absolute atomic E-state index is 0.0893. The molecule has 2 heteroatoms. The van der Waals surface area contributed by atoms with E-state index in [0.29, 0.717) is 6.54 Å². The molecule has 0 N–H and O–H groups in total. The fourth-order valence-electron chi connectivity index (χ4n) is 3.66. The summed E-state index contributed by atoms with van der Waals surface area (Å²) >= 11 is 0. The van der Waals surface area contributed by atoms with Crippen LogP contribution in [0.4, 0.5) is 0 Å². The summed E-state index contributed by atoms with van der Waals surface area (Å²) in [6.07, 6.45) is 0. The molecule has 0 aliphatic carbocycles. The van der Waals surface area contributed by atoms with Gasteiger partial charge in [-0.25, -0.2) is 0 Å². The van der Waals surface area contributed by atoms with Crippen molar-refractivity contribution in [2.75, 3.05) is 0 Å². The second kappa shape index (κ2) is 5.52. The first kappa shape index (κ1) is 15.8. The predicted octanol–water partition coefficient (Wildman–Crippen LogP) is 4.82. The van der Waals surface area contributed by atoms with Gasteiger partial charge in [-0.2, -0.15) is 0 Å². The molecular formula is C21H25NO. The Balaban J connectivity index is 2.06. The van der Waals surface area contributed by atoms with Crippen molar-refractivity contribution in [3.05, 3.63) is 71.8 Å². The van der Waals surface area contributed by atoms with Gasteiger partial charge in [0.1, 0.15) is 0 Å². The first-order chi connectivity index (χ1) is 10.9. The van der Waals surface area contributed by atoms with E-state index in [9.17, 15) is 4.79 Å². The number of rotatable bonds is 3. The van der Waals surface area contributed by atoms with Crippen LogP contribution in [0.2, 0.25) is 0 Å². The smallest absolute Gasteiger partial charge is 0.229 e. The highest BCUT2D eigenvalue weighted by atomic mass is 16.2. The molecule has 1 atom stereocenters. The maximum atomic E-state index is 13.2. The van der Waals surface area contributed by atoms with Gasteiger partial charge in [0, 0.05) is 12.0 Å². The maximum absolute atomic E-state index is 13.2. The van der Waals surface area contributed by atoms with Crippen LogP contribution in [0.5, 0.6) is 0 Å². The number of likely N-dealkylation sites (tertiary alicyclic amines) is 1. The van der Waals surface area contributed by atoms with E-state index < -0.39 is 0 Å². The predicted molar refractivity (Wildman–Crippen MR) is 93.7 cm³/mol. The van der Waals surface area contributed by atoms with Crippen LogP contribution in [-0.4, -0.2) is 10.8 Å². The van der Waals surface area contributed by atoms with Crippen molar-refractivity contribution >= 4 is 5.91 Å². The van der Waals surface area contributed by atoms with E-state index in [2.05, 4.69) is 69.0 Å².